The van der Waals surface area contributed by atoms with Crippen molar-refractivity contribution in [2.24, 2.45) is 0 Å². The second kappa shape index (κ2) is 5.53. The summed E-state index contributed by atoms with van der Waals surface area (Å²) in [6.45, 7) is 3.11. The van der Waals surface area contributed by atoms with Gasteiger partial charge in [-0.15, -0.1) is 0 Å². The lowest BCUT2D eigenvalue weighted by molar-refractivity contribution is -0.136. The van der Waals surface area contributed by atoms with Gasteiger partial charge < -0.3 is 10.4 Å². The van der Waals surface area contributed by atoms with Crippen molar-refractivity contribution >= 4 is 5.97 Å². The molecule has 1 fully saturated rings. The van der Waals surface area contributed by atoms with E-state index in [2.05, 4.69) is 12.2 Å². The maximum Gasteiger partial charge on any atom is 0.307 e. The van der Waals surface area contributed by atoms with Gasteiger partial charge in [-0.1, -0.05) is 31.2 Å². The summed E-state index contributed by atoms with van der Waals surface area (Å²) in [5, 5.41) is 12.3. The van der Waals surface area contributed by atoms with E-state index in [9.17, 15) is 4.79 Å². The third-order valence-electron chi connectivity index (χ3n) is 4.03. The van der Waals surface area contributed by atoms with E-state index in [1.807, 2.05) is 24.3 Å². The predicted molar refractivity (Wildman–Crippen MR) is 71.5 cm³/mol. The maximum absolute atomic E-state index is 10.6. The van der Waals surface area contributed by atoms with Crippen LogP contribution in [0.25, 0.3) is 0 Å². The normalized spacial score (nSPS) is 17.2. The highest BCUT2D eigenvalue weighted by Crippen LogP contribution is 2.34. The van der Waals surface area contributed by atoms with Crippen molar-refractivity contribution in [1.29, 1.82) is 0 Å². The molecule has 2 N–H and O–H groups in total. The Morgan fingerprint density at radius 2 is 1.89 bits per heavy atom. The van der Waals surface area contributed by atoms with Crippen LogP contribution in [0.4, 0.5) is 0 Å². The summed E-state index contributed by atoms with van der Waals surface area (Å²) in [5.41, 5.74) is 2.45. The Hall–Kier alpha value is -1.35. The number of carboxylic acids is 1. The smallest absolute Gasteiger partial charge is 0.307 e. The second-order valence-electron chi connectivity index (χ2n) is 5.23. The van der Waals surface area contributed by atoms with E-state index in [0.717, 1.165) is 12.1 Å². The molecule has 2 rings (SSSR count). The summed E-state index contributed by atoms with van der Waals surface area (Å²) in [6, 6.07) is 7.86. The topological polar surface area (TPSA) is 49.3 Å². The summed E-state index contributed by atoms with van der Waals surface area (Å²) in [4.78, 5) is 10.6. The van der Waals surface area contributed by atoms with Gasteiger partial charge in [0.1, 0.15) is 0 Å². The molecule has 0 atom stereocenters. The first-order chi connectivity index (χ1) is 8.63. The van der Waals surface area contributed by atoms with Crippen LogP contribution in [-0.4, -0.2) is 16.6 Å². The van der Waals surface area contributed by atoms with Crippen molar-refractivity contribution in [2.75, 3.05) is 0 Å². The van der Waals surface area contributed by atoms with Crippen LogP contribution in [0, 0.1) is 0 Å². The molecule has 1 saturated carbocycles. The summed E-state index contributed by atoms with van der Waals surface area (Å²) < 4.78 is 0. The molecule has 0 heterocycles. The molecule has 0 radical (unpaired) electrons. The minimum atomic E-state index is -0.778. The molecule has 1 aromatic carbocycles. The molecule has 0 spiro atoms. The lowest BCUT2D eigenvalue weighted by atomic mass is 9.75. The molecule has 18 heavy (non-hydrogen) atoms. The van der Waals surface area contributed by atoms with Crippen LogP contribution in [0.1, 0.15) is 43.7 Å². The first kappa shape index (κ1) is 13.1. The van der Waals surface area contributed by atoms with Crippen LogP contribution in [-0.2, 0) is 17.8 Å². The van der Waals surface area contributed by atoms with Gasteiger partial charge in [-0.2, -0.15) is 0 Å². The number of hydrogen-bond donors (Lipinski definition) is 2. The molecule has 3 nitrogen and oxygen atoms in total. The van der Waals surface area contributed by atoms with Crippen LogP contribution in [0.15, 0.2) is 24.3 Å². The molecular formula is C15H21NO2. The minimum absolute atomic E-state index is 0.104. The molecule has 1 aromatic rings. The number of hydrogen-bond acceptors (Lipinski definition) is 2. The second-order valence-corrected chi connectivity index (χ2v) is 5.23. The summed E-state index contributed by atoms with van der Waals surface area (Å²) in [7, 11) is 0. The Labute approximate surface area is 108 Å². The lowest BCUT2D eigenvalue weighted by Crippen LogP contribution is -2.49. The number of carboxylic acid groups (broad SMARTS) is 1. The molecule has 3 heteroatoms. The Balaban J connectivity index is 1.88. The fourth-order valence-electron chi connectivity index (χ4n) is 2.50. The molecule has 0 amide bonds. The van der Waals surface area contributed by atoms with E-state index < -0.39 is 5.97 Å². The third-order valence-corrected chi connectivity index (χ3v) is 4.03. The number of carbonyl (C=O) groups is 1. The lowest BCUT2D eigenvalue weighted by Gasteiger charge is -2.42. The molecule has 0 saturated heterocycles. The van der Waals surface area contributed by atoms with Gasteiger partial charge in [-0.3, -0.25) is 4.79 Å². The average molecular weight is 247 g/mol. The maximum atomic E-state index is 10.6. The van der Waals surface area contributed by atoms with Crippen molar-refractivity contribution in [2.45, 2.75) is 51.1 Å². The zero-order valence-electron chi connectivity index (χ0n) is 10.9. The van der Waals surface area contributed by atoms with E-state index in [0.29, 0.717) is 5.54 Å². The van der Waals surface area contributed by atoms with Crippen molar-refractivity contribution in [3.8, 4) is 0 Å². The number of benzene rings is 1. The first-order valence-corrected chi connectivity index (χ1v) is 6.68. The first-order valence-electron chi connectivity index (χ1n) is 6.68. The highest BCUT2D eigenvalue weighted by Gasteiger charge is 2.33. The van der Waals surface area contributed by atoms with Crippen molar-refractivity contribution < 1.29 is 9.90 Å². The van der Waals surface area contributed by atoms with Crippen LogP contribution < -0.4 is 5.32 Å². The van der Waals surface area contributed by atoms with E-state index in [1.54, 1.807) is 0 Å². The molecule has 1 aliphatic rings. The fraction of sp³-hybridized carbons (Fsp3) is 0.533. The molecule has 0 aromatic heterocycles. The van der Waals surface area contributed by atoms with Gasteiger partial charge in [-0.05, 0) is 36.8 Å². The van der Waals surface area contributed by atoms with Gasteiger partial charge in [0, 0.05) is 12.1 Å². The van der Waals surface area contributed by atoms with Crippen molar-refractivity contribution in [1.82, 2.24) is 5.32 Å². The fourth-order valence-corrected chi connectivity index (χ4v) is 2.50. The molecule has 98 valence electrons. The van der Waals surface area contributed by atoms with Crippen molar-refractivity contribution in [3.63, 3.8) is 0 Å². The number of nitrogens with one attached hydrogen (secondary N) is 1. The van der Waals surface area contributed by atoms with E-state index in [-0.39, 0.29) is 6.42 Å². The number of rotatable bonds is 6. The summed E-state index contributed by atoms with van der Waals surface area (Å²) >= 11 is 0. The van der Waals surface area contributed by atoms with Gasteiger partial charge in [0.15, 0.2) is 0 Å². The summed E-state index contributed by atoms with van der Waals surface area (Å²) in [6.07, 6.45) is 5.18. The van der Waals surface area contributed by atoms with E-state index in [1.165, 1.54) is 31.2 Å². The minimum Gasteiger partial charge on any atom is -0.481 e. The van der Waals surface area contributed by atoms with Gasteiger partial charge in [0.2, 0.25) is 0 Å². The Morgan fingerprint density at radius 3 is 2.33 bits per heavy atom. The monoisotopic (exact) mass is 247 g/mol. The van der Waals surface area contributed by atoms with Gasteiger partial charge in [0.25, 0.3) is 0 Å². The zero-order chi connectivity index (χ0) is 13.0. The highest BCUT2D eigenvalue weighted by molar-refractivity contribution is 5.70. The average Bonchev–Trinajstić information content (AvgIpc) is 2.30. The Bertz CT molecular complexity index is 401. The molecule has 1 aliphatic carbocycles. The van der Waals surface area contributed by atoms with Gasteiger partial charge in [0.05, 0.1) is 6.42 Å². The van der Waals surface area contributed by atoms with Gasteiger partial charge in [-0.25, -0.2) is 0 Å². The van der Waals surface area contributed by atoms with Crippen LogP contribution in [0.2, 0.25) is 0 Å². The highest BCUT2D eigenvalue weighted by atomic mass is 16.4. The SMILES string of the molecule is CCC1(NCc2ccc(CC(=O)O)cc2)CCC1. The van der Waals surface area contributed by atoms with Crippen molar-refractivity contribution in [3.05, 3.63) is 35.4 Å². The molecule has 0 aliphatic heterocycles. The number of aliphatic carboxylic acids is 1. The standard InChI is InChI=1S/C15H21NO2/c1-2-15(8-3-9-15)16-11-13-6-4-12(5-7-13)10-14(17)18/h4-7,16H,2-3,8-11H2,1H3,(H,17,18). The Kier molecular flexibility index (Phi) is 4.02. The Morgan fingerprint density at radius 1 is 1.28 bits per heavy atom. The zero-order valence-corrected chi connectivity index (χ0v) is 10.9. The molecule has 0 bridgehead atoms. The third kappa shape index (κ3) is 3.10. The predicted octanol–water partition coefficient (Wildman–Crippen LogP) is 2.74. The van der Waals surface area contributed by atoms with E-state index in [4.69, 9.17) is 5.11 Å². The van der Waals surface area contributed by atoms with Crippen LogP contribution >= 0.6 is 0 Å². The van der Waals surface area contributed by atoms with E-state index >= 15 is 0 Å². The molecular weight excluding hydrogens is 226 g/mol. The quantitative estimate of drug-likeness (QED) is 0.812. The summed E-state index contributed by atoms with van der Waals surface area (Å²) in [5.74, 6) is -0.778. The van der Waals surface area contributed by atoms with Gasteiger partial charge >= 0.3 is 5.97 Å². The van der Waals surface area contributed by atoms with Crippen LogP contribution in [0.3, 0.4) is 0 Å². The van der Waals surface area contributed by atoms with Crippen LogP contribution in [0.5, 0.6) is 0 Å². The molecule has 0 unspecified atom stereocenters. The largest absolute Gasteiger partial charge is 0.481 e.